The normalized spacial score (nSPS) is 17.1. The van der Waals surface area contributed by atoms with Gasteiger partial charge in [-0.1, -0.05) is 12.1 Å². The van der Waals surface area contributed by atoms with Gasteiger partial charge in [-0.2, -0.15) is 10.3 Å². The molecule has 1 fully saturated rings. The highest BCUT2D eigenvalue weighted by molar-refractivity contribution is 9.10. The number of ether oxygens (including phenoxy) is 1. The molecule has 8 heteroatoms. The number of nitrogens with zero attached hydrogens (tertiary/aromatic N) is 3. The Morgan fingerprint density at radius 3 is 2.92 bits per heavy atom. The van der Waals surface area contributed by atoms with Crippen LogP contribution in [0.3, 0.4) is 0 Å². The fourth-order valence-electron chi connectivity index (χ4n) is 2.90. The number of aromatic amines is 1. The van der Waals surface area contributed by atoms with Crippen LogP contribution in [0.25, 0.3) is 0 Å². The second-order valence-electron chi connectivity index (χ2n) is 5.41. The predicted molar refractivity (Wildman–Crippen MR) is 89.5 cm³/mol. The van der Waals surface area contributed by atoms with E-state index in [1.54, 1.807) is 17.9 Å². The van der Waals surface area contributed by atoms with Gasteiger partial charge in [-0.3, -0.25) is 4.79 Å². The Bertz CT molecular complexity index is 761. The van der Waals surface area contributed by atoms with Crippen molar-refractivity contribution in [3.63, 3.8) is 0 Å². The van der Waals surface area contributed by atoms with E-state index in [2.05, 4.69) is 31.3 Å². The molecule has 1 aromatic carbocycles. The van der Waals surface area contributed by atoms with Gasteiger partial charge in [0.05, 0.1) is 18.2 Å². The minimum Gasteiger partial charge on any atom is -0.461 e. The molecule has 0 saturated carbocycles. The molecule has 7 nitrogen and oxygen atoms in total. The molecule has 1 atom stereocenters. The van der Waals surface area contributed by atoms with E-state index in [1.807, 2.05) is 18.2 Å². The molecule has 1 N–H and O–H groups in total. The van der Waals surface area contributed by atoms with Crippen LogP contribution in [-0.4, -0.2) is 45.3 Å². The summed E-state index contributed by atoms with van der Waals surface area (Å²) in [6.45, 7) is 2.60. The maximum Gasteiger partial charge on any atom is 0.360 e. The van der Waals surface area contributed by atoms with Crippen LogP contribution in [0.2, 0.25) is 0 Å². The highest BCUT2D eigenvalue weighted by Gasteiger charge is 2.36. The smallest absolute Gasteiger partial charge is 0.360 e. The molecule has 1 unspecified atom stereocenters. The Morgan fingerprint density at radius 1 is 1.38 bits per heavy atom. The Hall–Kier alpha value is -2.22. The number of likely N-dealkylation sites (tertiary alicyclic amines) is 1. The van der Waals surface area contributed by atoms with Crippen LogP contribution in [0, 0.1) is 0 Å². The van der Waals surface area contributed by atoms with Gasteiger partial charge in [0, 0.05) is 11.0 Å². The maximum atomic E-state index is 12.9. The molecule has 1 saturated heterocycles. The van der Waals surface area contributed by atoms with Gasteiger partial charge in [0.1, 0.15) is 5.69 Å². The van der Waals surface area contributed by atoms with Crippen molar-refractivity contribution in [3.05, 3.63) is 45.7 Å². The summed E-state index contributed by atoms with van der Waals surface area (Å²) in [5.74, 6) is -0.621. The van der Waals surface area contributed by atoms with Crippen LogP contribution >= 0.6 is 15.9 Å². The summed E-state index contributed by atoms with van der Waals surface area (Å²) < 4.78 is 5.76. The molecule has 0 aliphatic carbocycles. The third-order valence-electron chi connectivity index (χ3n) is 3.98. The van der Waals surface area contributed by atoms with Gasteiger partial charge in [0.25, 0.3) is 5.91 Å². The first-order chi connectivity index (χ1) is 11.6. The first-order valence-electron chi connectivity index (χ1n) is 7.76. The number of rotatable bonds is 4. The summed E-state index contributed by atoms with van der Waals surface area (Å²) >= 11 is 3.42. The van der Waals surface area contributed by atoms with E-state index < -0.39 is 5.97 Å². The third kappa shape index (κ3) is 3.06. The number of benzene rings is 1. The molecule has 0 radical (unpaired) electrons. The number of hydrogen-bond donors (Lipinski definition) is 1. The van der Waals surface area contributed by atoms with E-state index in [1.165, 1.54) is 0 Å². The largest absolute Gasteiger partial charge is 0.461 e. The Balaban J connectivity index is 1.90. The molecule has 0 spiro atoms. The maximum absolute atomic E-state index is 12.9. The van der Waals surface area contributed by atoms with Crippen LogP contribution in [0.5, 0.6) is 0 Å². The van der Waals surface area contributed by atoms with Crippen molar-refractivity contribution >= 4 is 27.8 Å². The zero-order valence-corrected chi connectivity index (χ0v) is 14.7. The van der Waals surface area contributed by atoms with Gasteiger partial charge in [0.15, 0.2) is 5.69 Å². The number of nitrogens with one attached hydrogen (secondary N) is 1. The van der Waals surface area contributed by atoms with E-state index in [4.69, 9.17) is 4.74 Å². The summed E-state index contributed by atoms with van der Waals surface area (Å²) in [5.41, 5.74) is 1.20. The van der Waals surface area contributed by atoms with Gasteiger partial charge in [-0.05, 0) is 47.8 Å². The summed E-state index contributed by atoms with van der Waals surface area (Å²) in [6, 6.07) is 7.00. The zero-order valence-electron chi connectivity index (χ0n) is 13.2. The van der Waals surface area contributed by atoms with Gasteiger partial charge in [-0.25, -0.2) is 4.79 Å². The molecule has 3 rings (SSSR count). The number of carbonyl (C=O) groups is 2. The van der Waals surface area contributed by atoms with E-state index in [0.717, 1.165) is 17.3 Å². The quantitative estimate of drug-likeness (QED) is 0.807. The van der Waals surface area contributed by atoms with Crippen molar-refractivity contribution < 1.29 is 14.3 Å². The van der Waals surface area contributed by atoms with E-state index in [0.29, 0.717) is 17.8 Å². The topological polar surface area (TPSA) is 88.2 Å². The SMILES string of the molecule is CCOC(=O)c1n[nH]nc1C1CCCN1C(=O)c1ccccc1Br. The molecule has 1 aliphatic rings. The average molecular weight is 393 g/mol. The molecule has 2 heterocycles. The number of halogens is 1. The molecular weight excluding hydrogens is 376 g/mol. The van der Waals surface area contributed by atoms with Crippen molar-refractivity contribution in [1.82, 2.24) is 20.3 Å². The molecular formula is C16H17BrN4O3. The fourth-order valence-corrected chi connectivity index (χ4v) is 3.36. The molecule has 1 amide bonds. The van der Waals surface area contributed by atoms with Gasteiger partial charge in [-0.15, -0.1) is 5.10 Å². The number of aromatic nitrogens is 3. The highest BCUT2D eigenvalue weighted by Crippen LogP contribution is 2.34. The van der Waals surface area contributed by atoms with Gasteiger partial charge < -0.3 is 9.64 Å². The number of carbonyl (C=O) groups excluding carboxylic acids is 2. The summed E-state index contributed by atoms with van der Waals surface area (Å²) in [5, 5.41) is 10.5. The number of H-pyrrole nitrogens is 1. The monoisotopic (exact) mass is 392 g/mol. The van der Waals surface area contributed by atoms with Crippen LogP contribution in [-0.2, 0) is 4.74 Å². The Kier molecular flexibility index (Phi) is 4.94. The summed E-state index contributed by atoms with van der Waals surface area (Å²) in [6.07, 6.45) is 1.57. The average Bonchev–Trinajstić information content (AvgIpc) is 3.23. The van der Waals surface area contributed by atoms with E-state index in [-0.39, 0.29) is 24.2 Å². The minimum absolute atomic E-state index is 0.0946. The van der Waals surface area contributed by atoms with Crippen LogP contribution in [0.1, 0.15) is 52.3 Å². The van der Waals surface area contributed by atoms with Crippen LogP contribution in [0.4, 0.5) is 0 Å². The molecule has 24 heavy (non-hydrogen) atoms. The fraction of sp³-hybridized carbons (Fsp3) is 0.375. The molecule has 0 bridgehead atoms. The molecule has 1 aliphatic heterocycles. The standard InChI is InChI=1S/C16H17BrN4O3/c1-2-24-16(23)14-13(18-20-19-14)12-8-5-9-21(12)15(22)10-6-3-4-7-11(10)17/h3-4,6-7,12H,2,5,8-9H2,1H3,(H,18,19,20). The van der Waals surface area contributed by atoms with Crippen molar-refractivity contribution in [2.24, 2.45) is 0 Å². The van der Waals surface area contributed by atoms with Crippen molar-refractivity contribution in [2.75, 3.05) is 13.2 Å². The highest BCUT2D eigenvalue weighted by atomic mass is 79.9. The summed E-state index contributed by atoms with van der Waals surface area (Å²) in [4.78, 5) is 26.7. The number of amides is 1. The third-order valence-corrected chi connectivity index (χ3v) is 4.67. The van der Waals surface area contributed by atoms with Crippen molar-refractivity contribution in [1.29, 1.82) is 0 Å². The predicted octanol–water partition coefficient (Wildman–Crippen LogP) is 2.72. The van der Waals surface area contributed by atoms with Crippen molar-refractivity contribution in [2.45, 2.75) is 25.8 Å². The lowest BCUT2D eigenvalue weighted by Crippen LogP contribution is -2.31. The molecule has 126 valence electrons. The molecule has 2 aromatic rings. The first-order valence-corrected chi connectivity index (χ1v) is 8.56. The first kappa shape index (κ1) is 16.6. The Morgan fingerprint density at radius 2 is 2.17 bits per heavy atom. The van der Waals surface area contributed by atoms with Crippen LogP contribution in [0.15, 0.2) is 28.7 Å². The van der Waals surface area contributed by atoms with Gasteiger partial charge in [0.2, 0.25) is 0 Å². The lowest BCUT2D eigenvalue weighted by molar-refractivity contribution is 0.0512. The van der Waals surface area contributed by atoms with Crippen molar-refractivity contribution in [3.8, 4) is 0 Å². The van der Waals surface area contributed by atoms with E-state index >= 15 is 0 Å². The number of hydrogen-bond acceptors (Lipinski definition) is 5. The second kappa shape index (κ2) is 7.12. The minimum atomic E-state index is -0.526. The lowest BCUT2D eigenvalue weighted by Gasteiger charge is -2.24. The lowest BCUT2D eigenvalue weighted by atomic mass is 10.1. The summed E-state index contributed by atoms with van der Waals surface area (Å²) in [7, 11) is 0. The Labute approximate surface area is 147 Å². The van der Waals surface area contributed by atoms with Crippen LogP contribution < -0.4 is 0 Å². The molecule has 1 aromatic heterocycles. The van der Waals surface area contributed by atoms with E-state index in [9.17, 15) is 9.59 Å². The zero-order chi connectivity index (χ0) is 17.1. The second-order valence-corrected chi connectivity index (χ2v) is 6.27. The number of esters is 1. The van der Waals surface area contributed by atoms with Gasteiger partial charge >= 0.3 is 5.97 Å².